The SMILES string of the molecule is C[C@H]1COc2ccccc2CCCCC2(CCN(C(=O)c3ccccc3Cn3ccnc3)CC2)C(=O)N1. The summed E-state index contributed by atoms with van der Waals surface area (Å²) in [6.45, 7) is 4.21. The summed E-state index contributed by atoms with van der Waals surface area (Å²) >= 11 is 0. The summed E-state index contributed by atoms with van der Waals surface area (Å²) in [6.07, 6.45) is 10.5. The van der Waals surface area contributed by atoms with Crippen molar-refractivity contribution in [2.75, 3.05) is 19.7 Å². The molecule has 5 rings (SSSR count). The van der Waals surface area contributed by atoms with Gasteiger partial charge in [-0.25, -0.2) is 4.98 Å². The predicted octanol–water partition coefficient (Wildman–Crippen LogP) is 4.46. The smallest absolute Gasteiger partial charge is 0.254 e. The summed E-state index contributed by atoms with van der Waals surface area (Å²) < 4.78 is 8.04. The number of amides is 2. The lowest BCUT2D eigenvalue weighted by Crippen LogP contribution is -2.52. The van der Waals surface area contributed by atoms with Crippen molar-refractivity contribution < 1.29 is 14.3 Å². The van der Waals surface area contributed by atoms with Crippen LogP contribution in [0.4, 0.5) is 0 Å². The number of piperidine rings is 1. The van der Waals surface area contributed by atoms with Crippen LogP contribution in [0, 0.1) is 5.41 Å². The van der Waals surface area contributed by atoms with Crippen LogP contribution in [0.2, 0.25) is 0 Å². The van der Waals surface area contributed by atoms with Crippen LogP contribution >= 0.6 is 0 Å². The molecule has 2 aromatic carbocycles. The molecule has 0 aliphatic carbocycles. The Morgan fingerprint density at radius 3 is 2.68 bits per heavy atom. The molecule has 0 bridgehead atoms. The van der Waals surface area contributed by atoms with Gasteiger partial charge < -0.3 is 19.5 Å². The molecule has 3 heterocycles. The normalized spacial score (nSPS) is 20.2. The fourth-order valence-corrected chi connectivity index (χ4v) is 5.61. The third-order valence-corrected chi connectivity index (χ3v) is 7.84. The second-order valence-electron chi connectivity index (χ2n) is 10.5. The fraction of sp³-hybridized carbons (Fsp3) is 0.433. The van der Waals surface area contributed by atoms with Gasteiger partial charge in [-0.3, -0.25) is 9.59 Å². The quantitative estimate of drug-likeness (QED) is 0.576. The molecule has 0 radical (unpaired) electrons. The number of hydrogen-bond donors (Lipinski definition) is 1. The van der Waals surface area contributed by atoms with Gasteiger partial charge in [0.2, 0.25) is 5.91 Å². The van der Waals surface area contributed by atoms with Crippen LogP contribution in [0.1, 0.15) is 60.5 Å². The number of nitrogens with one attached hydrogen (secondary N) is 1. The minimum atomic E-state index is -0.444. The first-order valence-electron chi connectivity index (χ1n) is 13.4. The number of ether oxygens (including phenoxy) is 1. The summed E-state index contributed by atoms with van der Waals surface area (Å²) in [6, 6.07) is 15.9. The number of hydrogen-bond acceptors (Lipinski definition) is 4. The highest BCUT2D eigenvalue weighted by Gasteiger charge is 2.42. The lowest BCUT2D eigenvalue weighted by molar-refractivity contribution is -0.135. The van der Waals surface area contributed by atoms with Gasteiger partial charge in [0.1, 0.15) is 12.4 Å². The van der Waals surface area contributed by atoms with E-state index < -0.39 is 5.41 Å². The first kappa shape index (κ1) is 25.1. The number of carbonyl (C=O) groups excluding carboxylic acids is 2. The maximum atomic E-state index is 13.6. The topological polar surface area (TPSA) is 76.5 Å². The van der Waals surface area contributed by atoms with E-state index in [1.165, 1.54) is 5.56 Å². The van der Waals surface area contributed by atoms with E-state index in [2.05, 4.69) is 22.4 Å². The van der Waals surface area contributed by atoms with Crippen molar-refractivity contribution in [2.24, 2.45) is 5.41 Å². The predicted molar refractivity (Wildman–Crippen MR) is 142 cm³/mol. The van der Waals surface area contributed by atoms with Gasteiger partial charge in [-0.15, -0.1) is 0 Å². The van der Waals surface area contributed by atoms with Crippen molar-refractivity contribution in [3.63, 3.8) is 0 Å². The van der Waals surface area contributed by atoms with Crippen LogP contribution in [0.3, 0.4) is 0 Å². The molecule has 2 aliphatic heterocycles. The van der Waals surface area contributed by atoms with Crippen molar-refractivity contribution in [3.8, 4) is 5.75 Å². The number of para-hydroxylation sites is 1. The molecule has 7 nitrogen and oxygen atoms in total. The Morgan fingerprint density at radius 1 is 1.08 bits per heavy atom. The molecule has 0 saturated carbocycles. The van der Waals surface area contributed by atoms with Gasteiger partial charge in [0, 0.05) is 37.6 Å². The lowest BCUT2D eigenvalue weighted by Gasteiger charge is -2.41. The van der Waals surface area contributed by atoms with Crippen LogP contribution < -0.4 is 10.1 Å². The molecular formula is C30H36N4O3. The zero-order chi connectivity index (χ0) is 25.7. The lowest BCUT2D eigenvalue weighted by atomic mass is 9.73. The number of fused-ring (bicyclic) bond motifs is 1. The second-order valence-corrected chi connectivity index (χ2v) is 10.5. The minimum Gasteiger partial charge on any atom is -0.491 e. The Morgan fingerprint density at radius 2 is 1.86 bits per heavy atom. The molecule has 3 aromatic rings. The summed E-state index contributed by atoms with van der Waals surface area (Å²) in [5, 5.41) is 3.22. The zero-order valence-electron chi connectivity index (χ0n) is 21.6. The Balaban J connectivity index is 1.27. The van der Waals surface area contributed by atoms with Gasteiger partial charge in [0.05, 0.1) is 17.8 Å². The molecular weight excluding hydrogens is 464 g/mol. The Bertz CT molecular complexity index is 1220. The van der Waals surface area contributed by atoms with E-state index in [0.717, 1.165) is 42.6 Å². The molecule has 2 aliphatic rings. The first-order chi connectivity index (χ1) is 18.0. The molecule has 37 heavy (non-hydrogen) atoms. The van der Waals surface area contributed by atoms with Gasteiger partial charge in [-0.1, -0.05) is 42.8 Å². The van der Waals surface area contributed by atoms with Gasteiger partial charge in [-0.2, -0.15) is 0 Å². The van der Waals surface area contributed by atoms with E-state index in [1.54, 1.807) is 12.5 Å². The number of likely N-dealkylation sites (tertiary alicyclic amines) is 1. The highest BCUT2D eigenvalue weighted by molar-refractivity contribution is 5.96. The molecule has 1 atom stereocenters. The van der Waals surface area contributed by atoms with Gasteiger partial charge in [0.25, 0.3) is 5.91 Å². The maximum Gasteiger partial charge on any atom is 0.254 e. The summed E-state index contributed by atoms with van der Waals surface area (Å²) in [4.78, 5) is 33.2. The van der Waals surface area contributed by atoms with E-state index in [9.17, 15) is 9.59 Å². The van der Waals surface area contributed by atoms with Crippen molar-refractivity contribution in [1.29, 1.82) is 0 Å². The van der Waals surface area contributed by atoms with Crippen molar-refractivity contribution in [3.05, 3.63) is 83.9 Å². The van der Waals surface area contributed by atoms with E-state index in [0.29, 0.717) is 39.1 Å². The standard InChI is InChI=1S/C30H36N4O3/c1-23-21-37-27-12-5-3-8-24(27)9-6-7-13-30(29(36)32-23)14-17-34(18-15-30)28(35)26-11-4-2-10-25(26)20-33-19-16-31-22-33/h2-5,8,10-12,16,19,22-23H,6-7,9,13-15,17-18,20-21H2,1H3,(H,32,36)/t23-/m0/s1. The molecule has 1 aromatic heterocycles. The summed E-state index contributed by atoms with van der Waals surface area (Å²) in [5.74, 6) is 1.06. The van der Waals surface area contributed by atoms with Crippen molar-refractivity contribution >= 4 is 11.8 Å². The highest BCUT2D eigenvalue weighted by Crippen LogP contribution is 2.38. The maximum absolute atomic E-state index is 13.6. The molecule has 2 amide bonds. The Hall–Kier alpha value is -3.61. The first-order valence-corrected chi connectivity index (χ1v) is 13.4. The van der Waals surface area contributed by atoms with Crippen LogP contribution in [-0.4, -0.2) is 52.0 Å². The molecule has 1 spiro atoms. The van der Waals surface area contributed by atoms with Crippen LogP contribution in [-0.2, 0) is 17.8 Å². The van der Waals surface area contributed by atoms with Gasteiger partial charge >= 0.3 is 0 Å². The molecule has 0 unspecified atom stereocenters. The number of imidazole rings is 1. The third kappa shape index (κ3) is 5.71. The molecule has 7 heteroatoms. The molecule has 1 saturated heterocycles. The fourth-order valence-electron chi connectivity index (χ4n) is 5.61. The number of rotatable bonds is 3. The van der Waals surface area contributed by atoms with E-state index in [1.807, 2.05) is 59.0 Å². The molecule has 1 fully saturated rings. The van der Waals surface area contributed by atoms with Gasteiger partial charge in [-0.05, 0) is 62.3 Å². The van der Waals surface area contributed by atoms with Crippen molar-refractivity contribution in [2.45, 2.75) is 58.0 Å². The molecule has 1 N–H and O–H groups in total. The zero-order valence-corrected chi connectivity index (χ0v) is 21.6. The second kappa shape index (κ2) is 11.2. The van der Waals surface area contributed by atoms with Gasteiger partial charge in [0.15, 0.2) is 0 Å². The summed E-state index contributed by atoms with van der Waals surface area (Å²) in [7, 11) is 0. The Kier molecular flexibility index (Phi) is 7.58. The van der Waals surface area contributed by atoms with E-state index >= 15 is 0 Å². The summed E-state index contributed by atoms with van der Waals surface area (Å²) in [5.41, 5.74) is 2.48. The number of aryl methyl sites for hydroxylation is 1. The van der Waals surface area contributed by atoms with Crippen LogP contribution in [0.5, 0.6) is 5.75 Å². The van der Waals surface area contributed by atoms with Crippen molar-refractivity contribution in [1.82, 2.24) is 19.8 Å². The number of nitrogens with zero attached hydrogens (tertiary/aromatic N) is 3. The average Bonchev–Trinajstić information content (AvgIpc) is 3.43. The number of aromatic nitrogens is 2. The van der Waals surface area contributed by atoms with Crippen LogP contribution in [0.25, 0.3) is 0 Å². The largest absolute Gasteiger partial charge is 0.491 e. The minimum absolute atomic E-state index is 0.0394. The molecule has 194 valence electrons. The third-order valence-electron chi connectivity index (χ3n) is 7.84. The average molecular weight is 501 g/mol. The Labute approximate surface area is 218 Å². The number of benzene rings is 2. The monoisotopic (exact) mass is 500 g/mol. The van der Waals surface area contributed by atoms with Crippen LogP contribution in [0.15, 0.2) is 67.3 Å². The van der Waals surface area contributed by atoms with E-state index in [4.69, 9.17) is 4.74 Å². The highest BCUT2D eigenvalue weighted by atomic mass is 16.5. The number of carbonyl (C=O) groups is 2. The van der Waals surface area contributed by atoms with E-state index in [-0.39, 0.29) is 17.9 Å².